The summed E-state index contributed by atoms with van der Waals surface area (Å²) in [4.78, 5) is 14.1. The van der Waals surface area contributed by atoms with Crippen LogP contribution >= 0.6 is 11.6 Å². The van der Waals surface area contributed by atoms with Crippen molar-refractivity contribution < 1.29 is 4.79 Å². The number of benzene rings is 3. The molecule has 122 valence electrons. The first-order chi connectivity index (χ1) is 11.6. The van der Waals surface area contributed by atoms with Crippen molar-refractivity contribution in [3.05, 3.63) is 77.3 Å². The minimum atomic E-state index is -0.0226. The lowest BCUT2D eigenvalue weighted by Gasteiger charge is -2.19. The Kier molecular flexibility index (Phi) is 5.02. The summed E-state index contributed by atoms with van der Waals surface area (Å²) < 4.78 is 0. The van der Waals surface area contributed by atoms with Crippen molar-refractivity contribution in [2.24, 2.45) is 0 Å². The molecule has 0 saturated heterocycles. The molecule has 0 aliphatic carbocycles. The number of halogens is 1. The third-order valence-electron chi connectivity index (χ3n) is 3.93. The first-order valence-corrected chi connectivity index (χ1v) is 8.21. The van der Waals surface area contributed by atoms with Crippen molar-refractivity contribution >= 4 is 34.0 Å². The highest BCUT2D eigenvalue weighted by Gasteiger charge is 2.08. The van der Waals surface area contributed by atoms with Crippen LogP contribution in [-0.4, -0.2) is 19.5 Å². The zero-order valence-electron chi connectivity index (χ0n) is 13.5. The smallest absolute Gasteiger partial charge is 0.239 e. The summed E-state index contributed by atoms with van der Waals surface area (Å²) in [5.41, 5.74) is 2.01. The van der Waals surface area contributed by atoms with E-state index in [0.717, 1.165) is 11.3 Å². The lowest BCUT2D eigenvalue weighted by Crippen LogP contribution is -2.34. The van der Waals surface area contributed by atoms with Gasteiger partial charge in [-0.1, -0.05) is 54.1 Å². The molecule has 1 N–H and O–H groups in total. The van der Waals surface area contributed by atoms with Crippen molar-refractivity contribution in [1.82, 2.24) is 5.32 Å². The Labute approximate surface area is 146 Å². The topological polar surface area (TPSA) is 32.3 Å². The molecule has 0 atom stereocenters. The Morgan fingerprint density at radius 3 is 2.58 bits per heavy atom. The molecule has 0 unspecified atom stereocenters. The second-order valence-corrected chi connectivity index (χ2v) is 6.23. The highest BCUT2D eigenvalue weighted by molar-refractivity contribution is 6.30. The van der Waals surface area contributed by atoms with Crippen LogP contribution in [0.3, 0.4) is 0 Å². The summed E-state index contributed by atoms with van der Waals surface area (Å²) in [6.07, 6.45) is 0. The maximum atomic E-state index is 12.2. The Balaban J connectivity index is 1.60. The standard InChI is InChI=1S/C20H19ClN2O/c1-23(19-10-9-16-6-2-3-7-17(16)12-19)14-20(24)22-13-15-5-4-8-18(21)11-15/h2-12H,13-14H2,1H3,(H,22,24). The second kappa shape index (κ2) is 7.37. The maximum absolute atomic E-state index is 12.2. The fourth-order valence-corrected chi connectivity index (χ4v) is 2.84. The Morgan fingerprint density at radius 2 is 1.79 bits per heavy atom. The van der Waals surface area contributed by atoms with Crippen molar-refractivity contribution in [2.45, 2.75) is 6.54 Å². The molecule has 0 aliphatic rings. The molecule has 0 fully saturated rings. The van der Waals surface area contributed by atoms with Gasteiger partial charge in [0.2, 0.25) is 5.91 Å². The average molecular weight is 339 g/mol. The van der Waals surface area contributed by atoms with E-state index in [2.05, 4.69) is 29.6 Å². The SMILES string of the molecule is CN(CC(=O)NCc1cccc(Cl)c1)c1ccc2ccccc2c1. The van der Waals surface area contributed by atoms with Gasteiger partial charge in [0, 0.05) is 24.3 Å². The van der Waals surface area contributed by atoms with Crippen molar-refractivity contribution in [1.29, 1.82) is 0 Å². The summed E-state index contributed by atoms with van der Waals surface area (Å²) in [7, 11) is 1.92. The predicted molar refractivity (Wildman–Crippen MR) is 101 cm³/mol. The van der Waals surface area contributed by atoms with Crippen LogP contribution in [0.25, 0.3) is 10.8 Å². The van der Waals surface area contributed by atoms with Crippen LogP contribution in [0.5, 0.6) is 0 Å². The first kappa shape index (κ1) is 16.3. The summed E-state index contributed by atoms with van der Waals surface area (Å²) in [6.45, 7) is 0.782. The lowest BCUT2D eigenvalue weighted by atomic mass is 10.1. The van der Waals surface area contributed by atoms with E-state index in [1.807, 2.05) is 54.4 Å². The molecule has 1 amide bonds. The van der Waals surface area contributed by atoms with Gasteiger partial charge < -0.3 is 10.2 Å². The number of carbonyl (C=O) groups is 1. The summed E-state index contributed by atoms with van der Waals surface area (Å²) in [6, 6.07) is 21.9. The number of nitrogens with zero attached hydrogens (tertiary/aromatic N) is 1. The fourth-order valence-electron chi connectivity index (χ4n) is 2.62. The van der Waals surface area contributed by atoms with Crippen LogP contribution in [-0.2, 0) is 11.3 Å². The molecule has 24 heavy (non-hydrogen) atoms. The molecule has 3 rings (SSSR count). The molecule has 0 saturated carbocycles. The van der Waals surface area contributed by atoms with Crippen LogP contribution in [0, 0.1) is 0 Å². The molecule has 3 nitrogen and oxygen atoms in total. The zero-order valence-corrected chi connectivity index (χ0v) is 14.3. The van der Waals surface area contributed by atoms with Gasteiger partial charge in [-0.3, -0.25) is 4.79 Å². The molecule has 0 aliphatic heterocycles. The number of nitrogens with one attached hydrogen (secondary N) is 1. The van der Waals surface area contributed by atoms with E-state index in [0.29, 0.717) is 18.1 Å². The molecule has 3 aromatic rings. The number of anilines is 1. The van der Waals surface area contributed by atoms with Gasteiger partial charge in [0.1, 0.15) is 0 Å². The molecular weight excluding hydrogens is 320 g/mol. The van der Waals surface area contributed by atoms with Crippen LogP contribution < -0.4 is 10.2 Å². The quantitative estimate of drug-likeness (QED) is 0.754. The van der Waals surface area contributed by atoms with Gasteiger partial charge in [-0.2, -0.15) is 0 Å². The maximum Gasteiger partial charge on any atom is 0.239 e. The molecule has 0 heterocycles. The van der Waals surface area contributed by atoms with Gasteiger partial charge >= 0.3 is 0 Å². The molecule has 0 bridgehead atoms. The second-order valence-electron chi connectivity index (χ2n) is 5.79. The minimum absolute atomic E-state index is 0.0226. The van der Waals surface area contributed by atoms with Gasteiger partial charge in [-0.25, -0.2) is 0 Å². The number of rotatable bonds is 5. The molecular formula is C20H19ClN2O. The predicted octanol–water partition coefficient (Wildman–Crippen LogP) is 4.25. The van der Waals surface area contributed by atoms with E-state index in [1.165, 1.54) is 10.8 Å². The van der Waals surface area contributed by atoms with Crippen LogP contribution in [0.4, 0.5) is 5.69 Å². The molecule has 0 radical (unpaired) electrons. The summed E-state index contributed by atoms with van der Waals surface area (Å²) in [5.74, 6) is -0.0226. The van der Waals surface area contributed by atoms with E-state index < -0.39 is 0 Å². The third-order valence-corrected chi connectivity index (χ3v) is 4.17. The van der Waals surface area contributed by atoms with Crippen molar-refractivity contribution in [3.63, 3.8) is 0 Å². The van der Waals surface area contributed by atoms with E-state index in [9.17, 15) is 4.79 Å². The van der Waals surface area contributed by atoms with Gasteiger partial charge in [0.05, 0.1) is 6.54 Å². The summed E-state index contributed by atoms with van der Waals surface area (Å²) >= 11 is 5.95. The first-order valence-electron chi connectivity index (χ1n) is 7.83. The number of hydrogen-bond donors (Lipinski definition) is 1. The number of likely N-dealkylation sites (N-methyl/N-ethyl adjacent to an activating group) is 1. The van der Waals surface area contributed by atoms with Crippen molar-refractivity contribution in [3.8, 4) is 0 Å². The highest BCUT2D eigenvalue weighted by Crippen LogP contribution is 2.21. The number of hydrogen-bond acceptors (Lipinski definition) is 2. The molecule has 3 aromatic carbocycles. The third kappa shape index (κ3) is 4.06. The van der Waals surface area contributed by atoms with E-state index >= 15 is 0 Å². The van der Waals surface area contributed by atoms with Crippen LogP contribution in [0.1, 0.15) is 5.56 Å². The average Bonchev–Trinajstić information content (AvgIpc) is 2.59. The number of amides is 1. The molecule has 4 heteroatoms. The van der Waals surface area contributed by atoms with Gasteiger partial charge in [-0.15, -0.1) is 0 Å². The van der Waals surface area contributed by atoms with E-state index in [4.69, 9.17) is 11.6 Å². The lowest BCUT2D eigenvalue weighted by molar-refractivity contribution is -0.119. The largest absolute Gasteiger partial charge is 0.365 e. The zero-order chi connectivity index (χ0) is 16.9. The van der Waals surface area contributed by atoms with Crippen molar-refractivity contribution in [2.75, 3.05) is 18.5 Å². The Hall–Kier alpha value is -2.52. The van der Waals surface area contributed by atoms with E-state index in [-0.39, 0.29) is 5.91 Å². The molecule has 0 aromatic heterocycles. The highest BCUT2D eigenvalue weighted by atomic mass is 35.5. The van der Waals surface area contributed by atoms with Gasteiger partial charge in [0.25, 0.3) is 0 Å². The number of fused-ring (bicyclic) bond motifs is 1. The normalized spacial score (nSPS) is 10.6. The number of carbonyl (C=O) groups excluding carboxylic acids is 1. The Morgan fingerprint density at radius 1 is 1.00 bits per heavy atom. The Bertz CT molecular complexity index is 863. The van der Waals surface area contributed by atoms with E-state index in [1.54, 1.807) is 0 Å². The minimum Gasteiger partial charge on any atom is -0.365 e. The fraction of sp³-hybridized carbons (Fsp3) is 0.150. The van der Waals surface area contributed by atoms with Gasteiger partial charge in [-0.05, 0) is 40.6 Å². The van der Waals surface area contributed by atoms with Crippen LogP contribution in [0.2, 0.25) is 5.02 Å². The van der Waals surface area contributed by atoms with Crippen LogP contribution in [0.15, 0.2) is 66.7 Å². The summed E-state index contributed by atoms with van der Waals surface area (Å²) in [5, 5.41) is 5.96. The monoisotopic (exact) mass is 338 g/mol. The van der Waals surface area contributed by atoms with Gasteiger partial charge in [0.15, 0.2) is 0 Å². The molecule has 0 spiro atoms.